The lowest BCUT2D eigenvalue weighted by Gasteiger charge is -2.19. The highest BCUT2D eigenvalue weighted by molar-refractivity contribution is 5.92. The summed E-state index contributed by atoms with van der Waals surface area (Å²) in [6.07, 6.45) is 1.62. The topological polar surface area (TPSA) is 104 Å². The van der Waals surface area contributed by atoms with Gasteiger partial charge in [-0.3, -0.25) is 4.79 Å². The SMILES string of the molecule is Cc1cc(CCNC(=O)OC(C)(C)C)ccc1Oc1ccc(C(N)=O)cn1. The molecule has 1 heterocycles. The molecule has 0 bridgehead atoms. The number of pyridine rings is 1. The van der Waals surface area contributed by atoms with Gasteiger partial charge in [0.15, 0.2) is 0 Å². The summed E-state index contributed by atoms with van der Waals surface area (Å²) in [6.45, 7) is 7.88. The molecule has 7 nitrogen and oxygen atoms in total. The van der Waals surface area contributed by atoms with Crippen LogP contribution in [0.3, 0.4) is 0 Å². The van der Waals surface area contributed by atoms with Crippen LogP contribution < -0.4 is 15.8 Å². The molecule has 144 valence electrons. The van der Waals surface area contributed by atoms with Crippen LogP contribution in [0.15, 0.2) is 36.5 Å². The molecule has 2 aromatic rings. The van der Waals surface area contributed by atoms with Crippen LogP contribution in [0.4, 0.5) is 4.79 Å². The van der Waals surface area contributed by atoms with Gasteiger partial charge >= 0.3 is 6.09 Å². The van der Waals surface area contributed by atoms with Crippen LogP contribution in [0.1, 0.15) is 42.3 Å². The number of aromatic nitrogens is 1. The number of carbonyl (C=O) groups excluding carboxylic acids is 2. The first-order valence-corrected chi connectivity index (χ1v) is 8.64. The first-order valence-electron chi connectivity index (χ1n) is 8.64. The van der Waals surface area contributed by atoms with Gasteiger partial charge in [0.25, 0.3) is 0 Å². The summed E-state index contributed by atoms with van der Waals surface area (Å²) < 4.78 is 10.9. The third-order valence-corrected chi connectivity index (χ3v) is 3.56. The lowest BCUT2D eigenvalue weighted by atomic mass is 10.1. The molecule has 2 amide bonds. The van der Waals surface area contributed by atoms with E-state index in [4.69, 9.17) is 15.2 Å². The Morgan fingerprint density at radius 2 is 1.93 bits per heavy atom. The van der Waals surface area contributed by atoms with Crippen molar-refractivity contribution in [2.45, 2.75) is 39.7 Å². The Labute approximate surface area is 158 Å². The Morgan fingerprint density at radius 3 is 2.48 bits per heavy atom. The van der Waals surface area contributed by atoms with E-state index < -0.39 is 17.6 Å². The smallest absolute Gasteiger partial charge is 0.407 e. The van der Waals surface area contributed by atoms with Gasteiger partial charge in [-0.05, 0) is 57.4 Å². The fraction of sp³-hybridized carbons (Fsp3) is 0.350. The predicted molar refractivity (Wildman–Crippen MR) is 102 cm³/mol. The van der Waals surface area contributed by atoms with Crippen LogP contribution in [0.5, 0.6) is 11.6 Å². The maximum absolute atomic E-state index is 11.6. The molecule has 0 spiro atoms. The fourth-order valence-corrected chi connectivity index (χ4v) is 2.30. The van der Waals surface area contributed by atoms with Crippen molar-refractivity contribution in [1.82, 2.24) is 10.3 Å². The number of nitrogens with one attached hydrogen (secondary N) is 1. The summed E-state index contributed by atoms with van der Waals surface area (Å²) >= 11 is 0. The number of nitrogens with zero attached hydrogens (tertiary/aromatic N) is 1. The molecular formula is C20H25N3O4. The Morgan fingerprint density at radius 1 is 1.19 bits per heavy atom. The van der Waals surface area contributed by atoms with E-state index in [0.717, 1.165) is 11.1 Å². The number of nitrogens with two attached hydrogens (primary N) is 1. The van der Waals surface area contributed by atoms with Crippen molar-refractivity contribution in [3.05, 3.63) is 53.2 Å². The van der Waals surface area contributed by atoms with Gasteiger partial charge in [0.05, 0.1) is 5.56 Å². The number of carbonyl (C=O) groups is 2. The third-order valence-electron chi connectivity index (χ3n) is 3.56. The minimum atomic E-state index is -0.533. The summed E-state index contributed by atoms with van der Waals surface area (Å²) in [7, 11) is 0. The number of ether oxygens (including phenoxy) is 2. The van der Waals surface area contributed by atoms with E-state index in [2.05, 4.69) is 10.3 Å². The largest absolute Gasteiger partial charge is 0.444 e. The highest BCUT2D eigenvalue weighted by Crippen LogP contribution is 2.24. The van der Waals surface area contributed by atoms with Crippen LogP contribution in [0.2, 0.25) is 0 Å². The average molecular weight is 371 g/mol. The second-order valence-corrected chi connectivity index (χ2v) is 7.13. The summed E-state index contributed by atoms with van der Waals surface area (Å²) in [5.74, 6) is 0.509. The number of primary amides is 1. The second kappa shape index (κ2) is 8.53. The first kappa shape index (κ1) is 20.2. The van der Waals surface area contributed by atoms with Crippen LogP contribution in [-0.4, -0.2) is 29.1 Å². The average Bonchev–Trinajstić information content (AvgIpc) is 2.56. The molecule has 0 radical (unpaired) electrons. The molecule has 0 saturated carbocycles. The summed E-state index contributed by atoms with van der Waals surface area (Å²) in [4.78, 5) is 26.8. The van der Waals surface area contributed by atoms with Gasteiger partial charge in [-0.2, -0.15) is 0 Å². The van der Waals surface area contributed by atoms with Gasteiger partial charge in [0, 0.05) is 18.8 Å². The highest BCUT2D eigenvalue weighted by Gasteiger charge is 2.15. The van der Waals surface area contributed by atoms with E-state index in [-0.39, 0.29) is 0 Å². The summed E-state index contributed by atoms with van der Waals surface area (Å²) in [5.41, 5.74) is 7.01. The lowest BCUT2D eigenvalue weighted by Crippen LogP contribution is -2.33. The monoisotopic (exact) mass is 371 g/mol. The van der Waals surface area contributed by atoms with E-state index in [1.165, 1.54) is 6.20 Å². The molecule has 7 heteroatoms. The third kappa shape index (κ3) is 6.62. The lowest BCUT2D eigenvalue weighted by molar-refractivity contribution is 0.0528. The van der Waals surface area contributed by atoms with E-state index in [0.29, 0.717) is 30.2 Å². The van der Waals surface area contributed by atoms with Gasteiger partial charge in [-0.25, -0.2) is 9.78 Å². The number of amides is 2. The fourth-order valence-electron chi connectivity index (χ4n) is 2.30. The minimum Gasteiger partial charge on any atom is -0.444 e. The number of hydrogen-bond acceptors (Lipinski definition) is 5. The van der Waals surface area contributed by atoms with Gasteiger partial charge in [0.1, 0.15) is 11.4 Å². The number of alkyl carbamates (subject to hydrolysis) is 1. The van der Waals surface area contributed by atoms with Crippen LogP contribution in [-0.2, 0) is 11.2 Å². The van der Waals surface area contributed by atoms with Gasteiger partial charge in [0.2, 0.25) is 11.8 Å². The molecule has 0 saturated heterocycles. The van der Waals surface area contributed by atoms with Gasteiger partial charge in [-0.1, -0.05) is 12.1 Å². The molecule has 1 aromatic heterocycles. The quantitative estimate of drug-likeness (QED) is 0.810. The zero-order valence-corrected chi connectivity index (χ0v) is 16.0. The molecule has 0 aliphatic rings. The Hall–Kier alpha value is -3.09. The number of hydrogen-bond donors (Lipinski definition) is 2. The zero-order chi connectivity index (χ0) is 20.0. The molecule has 3 N–H and O–H groups in total. The molecule has 0 aliphatic carbocycles. The van der Waals surface area contributed by atoms with Crippen LogP contribution >= 0.6 is 0 Å². The van der Waals surface area contributed by atoms with Crippen molar-refractivity contribution in [2.75, 3.05) is 6.54 Å². The van der Waals surface area contributed by atoms with E-state index in [1.807, 2.05) is 45.9 Å². The molecule has 0 aliphatic heterocycles. The Balaban J connectivity index is 1.91. The zero-order valence-electron chi connectivity index (χ0n) is 16.0. The van der Waals surface area contributed by atoms with Crippen molar-refractivity contribution in [3.63, 3.8) is 0 Å². The maximum atomic E-state index is 11.6. The molecule has 2 rings (SSSR count). The predicted octanol–water partition coefficient (Wildman–Crippen LogP) is 3.35. The molecule has 27 heavy (non-hydrogen) atoms. The molecule has 0 fully saturated rings. The molecule has 0 atom stereocenters. The van der Waals surface area contributed by atoms with Crippen LogP contribution in [0, 0.1) is 6.92 Å². The molecule has 1 aromatic carbocycles. The number of benzene rings is 1. The van der Waals surface area contributed by atoms with Crippen molar-refractivity contribution in [2.24, 2.45) is 5.73 Å². The molecule has 0 unspecified atom stereocenters. The normalized spacial score (nSPS) is 11.0. The molecular weight excluding hydrogens is 346 g/mol. The Kier molecular flexibility index (Phi) is 6.39. The van der Waals surface area contributed by atoms with Gasteiger partial charge in [-0.15, -0.1) is 0 Å². The highest BCUT2D eigenvalue weighted by atomic mass is 16.6. The second-order valence-electron chi connectivity index (χ2n) is 7.13. The number of aryl methyl sites for hydroxylation is 1. The van der Waals surface area contributed by atoms with E-state index in [1.54, 1.807) is 12.1 Å². The van der Waals surface area contributed by atoms with Crippen molar-refractivity contribution in [1.29, 1.82) is 0 Å². The summed E-state index contributed by atoms with van der Waals surface area (Å²) in [5, 5.41) is 2.74. The minimum absolute atomic E-state index is 0.326. The van der Waals surface area contributed by atoms with Crippen molar-refractivity contribution in [3.8, 4) is 11.6 Å². The Bertz CT molecular complexity index is 811. The maximum Gasteiger partial charge on any atom is 0.407 e. The van der Waals surface area contributed by atoms with Gasteiger partial charge < -0.3 is 20.5 Å². The van der Waals surface area contributed by atoms with E-state index in [9.17, 15) is 9.59 Å². The van der Waals surface area contributed by atoms with Crippen LogP contribution in [0.25, 0.3) is 0 Å². The van der Waals surface area contributed by atoms with E-state index >= 15 is 0 Å². The number of rotatable bonds is 6. The standard InChI is InChI=1S/C20H25N3O4/c1-13-11-14(9-10-22-19(25)27-20(2,3)4)5-7-16(13)26-17-8-6-15(12-23-17)18(21)24/h5-8,11-12H,9-10H2,1-4H3,(H2,21,24)(H,22,25). The van der Waals surface area contributed by atoms with Crippen molar-refractivity contribution < 1.29 is 19.1 Å². The first-order chi connectivity index (χ1) is 12.6. The summed E-state index contributed by atoms with van der Waals surface area (Å²) in [6, 6.07) is 8.93. The van der Waals surface area contributed by atoms with Crippen molar-refractivity contribution >= 4 is 12.0 Å².